The number of hydrogen-bond acceptors (Lipinski definition) is 4. The minimum Gasteiger partial charge on any atom is -0.481 e. The zero-order chi connectivity index (χ0) is 18.2. The summed E-state index contributed by atoms with van der Waals surface area (Å²) in [7, 11) is -1.38. The molecule has 0 N–H and O–H groups in total. The largest absolute Gasteiger partial charge is 0.481 e. The smallest absolute Gasteiger partial charge is 0.263 e. The van der Waals surface area contributed by atoms with E-state index in [9.17, 15) is 13.2 Å². The standard InChI is InChI=1S/C18H20BrNO4S/c1-12(18(21)20(2)16-7-8-25(22,23)11-16)24-17-6-4-13-9-15(19)5-3-14(13)10-17/h3-6,9-10,12,16H,7-8,11H2,1-2H3. The second-order valence-electron chi connectivity index (χ2n) is 6.42. The van der Waals surface area contributed by atoms with Crippen molar-refractivity contribution < 1.29 is 17.9 Å². The van der Waals surface area contributed by atoms with E-state index in [-0.39, 0.29) is 23.5 Å². The van der Waals surface area contributed by atoms with Crippen molar-refractivity contribution in [1.29, 1.82) is 0 Å². The molecule has 5 nitrogen and oxygen atoms in total. The molecular weight excluding hydrogens is 406 g/mol. The predicted molar refractivity (Wildman–Crippen MR) is 102 cm³/mol. The van der Waals surface area contributed by atoms with Crippen molar-refractivity contribution in [1.82, 2.24) is 4.90 Å². The molecule has 1 fully saturated rings. The van der Waals surface area contributed by atoms with Gasteiger partial charge in [-0.05, 0) is 48.4 Å². The summed E-state index contributed by atoms with van der Waals surface area (Å²) in [6.45, 7) is 1.69. The van der Waals surface area contributed by atoms with Gasteiger partial charge in [0.05, 0.1) is 11.5 Å². The topological polar surface area (TPSA) is 63.7 Å². The van der Waals surface area contributed by atoms with E-state index in [0.717, 1.165) is 15.2 Å². The van der Waals surface area contributed by atoms with Crippen molar-refractivity contribution in [3.8, 4) is 5.75 Å². The maximum absolute atomic E-state index is 12.6. The third-order valence-corrected chi connectivity index (χ3v) is 6.78. The number of likely N-dealkylation sites (N-methyl/N-ethyl adjacent to an activating group) is 1. The average molecular weight is 426 g/mol. The Morgan fingerprint density at radius 1 is 1.24 bits per heavy atom. The van der Waals surface area contributed by atoms with E-state index in [4.69, 9.17) is 4.74 Å². The molecule has 2 unspecified atom stereocenters. The van der Waals surface area contributed by atoms with Crippen LogP contribution in [0.25, 0.3) is 10.8 Å². The Morgan fingerprint density at radius 2 is 1.92 bits per heavy atom. The number of sulfone groups is 1. The number of amides is 1. The quantitative estimate of drug-likeness (QED) is 0.754. The van der Waals surface area contributed by atoms with Gasteiger partial charge in [-0.3, -0.25) is 4.79 Å². The molecule has 1 amide bonds. The van der Waals surface area contributed by atoms with Crippen molar-refractivity contribution in [2.24, 2.45) is 0 Å². The first-order chi connectivity index (χ1) is 11.7. The molecule has 2 aromatic carbocycles. The van der Waals surface area contributed by atoms with Crippen molar-refractivity contribution in [3.63, 3.8) is 0 Å². The third kappa shape index (κ3) is 4.15. The van der Waals surface area contributed by atoms with Crippen LogP contribution in [-0.2, 0) is 14.6 Å². The molecule has 0 aliphatic carbocycles. The maximum atomic E-state index is 12.6. The van der Waals surface area contributed by atoms with Crippen molar-refractivity contribution in [2.45, 2.75) is 25.5 Å². The molecule has 0 bridgehead atoms. The van der Waals surface area contributed by atoms with E-state index >= 15 is 0 Å². The zero-order valence-corrected chi connectivity index (χ0v) is 16.5. The summed E-state index contributed by atoms with van der Waals surface area (Å²) in [5.74, 6) is 0.582. The molecule has 3 rings (SSSR count). The van der Waals surface area contributed by atoms with Gasteiger partial charge >= 0.3 is 0 Å². The van der Waals surface area contributed by atoms with E-state index in [1.807, 2.05) is 36.4 Å². The molecule has 134 valence electrons. The molecule has 1 aliphatic heterocycles. The fraction of sp³-hybridized carbons (Fsp3) is 0.389. The van der Waals surface area contributed by atoms with Gasteiger partial charge in [0, 0.05) is 17.6 Å². The number of halogens is 1. The Labute approximate surface area is 156 Å². The SMILES string of the molecule is CC(Oc1ccc2cc(Br)ccc2c1)C(=O)N(C)C1CCS(=O)(=O)C1. The van der Waals surface area contributed by atoms with Crippen LogP contribution in [0.1, 0.15) is 13.3 Å². The number of carbonyl (C=O) groups is 1. The maximum Gasteiger partial charge on any atom is 0.263 e. The van der Waals surface area contributed by atoms with Crippen LogP contribution in [0, 0.1) is 0 Å². The lowest BCUT2D eigenvalue weighted by molar-refractivity contribution is -0.138. The lowest BCUT2D eigenvalue weighted by Gasteiger charge is -2.26. The molecule has 1 aliphatic rings. The molecule has 1 saturated heterocycles. The monoisotopic (exact) mass is 425 g/mol. The summed E-state index contributed by atoms with van der Waals surface area (Å²) in [6, 6.07) is 11.4. The molecule has 0 aromatic heterocycles. The second-order valence-corrected chi connectivity index (χ2v) is 9.56. The molecular formula is C18H20BrNO4S. The zero-order valence-electron chi connectivity index (χ0n) is 14.1. The van der Waals surface area contributed by atoms with Crippen molar-refractivity contribution in [2.75, 3.05) is 18.6 Å². The van der Waals surface area contributed by atoms with Gasteiger partial charge in [-0.2, -0.15) is 0 Å². The molecule has 0 radical (unpaired) electrons. The molecule has 1 heterocycles. The number of hydrogen-bond donors (Lipinski definition) is 0. The van der Waals surface area contributed by atoms with Crippen LogP contribution in [0.4, 0.5) is 0 Å². The average Bonchev–Trinajstić information content (AvgIpc) is 2.93. The number of fused-ring (bicyclic) bond motifs is 1. The van der Waals surface area contributed by atoms with Gasteiger partial charge in [0.25, 0.3) is 5.91 Å². The fourth-order valence-electron chi connectivity index (χ4n) is 3.07. The van der Waals surface area contributed by atoms with E-state index in [1.54, 1.807) is 14.0 Å². The second kappa shape index (κ2) is 6.96. The van der Waals surface area contributed by atoms with Gasteiger partial charge in [0.1, 0.15) is 5.75 Å². The molecule has 7 heteroatoms. The highest BCUT2D eigenvalue weighted by Gasteiger charge is 2.34. The lowest BCUT2D eigenvalue weighted by Crippen LogP contribution is -2.44. The van der Waals surface area contributed by atoms with E-state index in [0.29, 0.717) is 12.2 Å². The van der Waals surface area contributed by atoms with Gasteiger partial charge in [0.2, 0.25) is 0 Å². The van der Waals surface area contributed by atoms with Gasteiger partial charge < -0.3 is 9.64 Å². The first kappa shape index (κ1) is 18.2. The molecule has 2 aromatic rings. The Morgan fingerprint density at radius 3 is 2.60 bits per heavy atom. The minimum absolute atomic E-state index is 0.0345. The Bertz CT molecular complexity index is 912. The predicted octanol–water partition coefficient (Wildman–Crippen LogP) is 3.02. The Hall–Kier alpha value is -1.60. The summed E-state index contributed by atoms with van der Waals surface area (Å²) < 4.78 is 30.0. The van der Waals surface area contributed by atoms with Crippen molar-refractivity contribution >= 4 is 42.4 Å². The number of benzene rings is 2. The van der Waals surface area contributed by atoms with Crippen LogP contribution in [-0.4, -0.2) is 49.9 Å². The van der Waals surface area contributed by atoms with Gasteiger partial charge in [-0.25, -0.2) is 8.42 Å². The van der Waals surface area contributed by atoms with Crippen LogP contribution in [0.3, 0.4) is 0 Å². The van der Waals surface area contributed by atoms with Gasteiger partial charge in [-0.1, -0.05) is 28.1 Å². The number of carbonyl (C=O) groups excluding carboxylic acids is 1. The summed E-state index contributed by atoms with van der Waals surface area (Å²) >= 11 is 3.44. The summed E-state index contributed by atoms with van der Waals surface area (Å²) in [6.07, 6.45) is -0.191. The fourth-order valence-corrected chi connectivity index (χ4v) is 5.22. The summed E-state index contributed by atoms with van der Waals surface area (Å²) in [4.78, 5) is 14.1. The number of nitrogens with zero attached hydrogens (tertiary/aromatic N) is 1. The highest BCUT2D eigenvalue weighted by Crippen LogP contribution is 2.25. The van der Waals surface area contributed by atoms with Crippen LogP contribution in [0.15, 0.2) is 40.9 Å². The molecule has 25 heavy (non-hydrogen) atoms. The van der Waals surface area contributed by atoms with E-state index < -0.39 is 15.9 Å². The molecule has 0 saturated carbocycles. The van der Waals surface area contributed by atoms with Gasteiger partial charge in [-0.15, -0.1) is 0 Å². The van der Waals surface area contributed by atoms with Gasteiger partial charge in [0.15, 0.2) is 15.9 Å². The number of ether oxygens (including phenoxy) is 1. The first-order valence-electron chi connectivity index (χ1n) is 8.08. The van der Waals surface area contributed by atoms with Crippen LogP contribution in [0.5, 0.6) is 5.75 Å². The lowest BCUT2D eigenvalue weighted by atomic mass is 10.1. The van der Waals surface area contributed by atoms with E-state index in [2.05, 4.69) is 15.9 Å². The summed E-state index contributed by atoms with van der Waals surface area (Å²) in [5.41, 5.74) is 0. The van der Waals surface area contributed by atoms with Crippen LogP contribution in [0.2, 0.25) is 0 Å². The molecule has 0 spiro atoms. The normalized spacial score (nSPS) is 20.4. The number of rotatable bonds is 4. The Balaban J connectivity index is 1.70. The minimum atomic E-state index is -3.02. The van der Waals surface area contributed by atoms with Crippen LogP contribution < -0.4 is 4.74 Å². The third-order valence-electron chi connectivity index (χ3n) is 4.54. The highest BCUT2D eigenvalue weighted by atomic mass is 79.9. The molecule has 2 atom stereocenters. The van der Waals surface area contributed by atoms with E-state index in [1.165, 1.54) is 4.90 Å². The highest BCUT2D eigenvalue weighted by molar-refractivity contribution is 9.10. The first-order valence-corrected chi connectivity index (χ1v) is 10.7. The van der Waals surface area contributed by atoms with Crippen LogP contribution >= 0.6 is 15.9 Å². The van der Waals surface area contributed by atoms with Crippen molar-refractivity contribution in [3.05, 3.63) is 40.9 Å². The Kier molecular flexibility index (Phi) is 5.06. The summed E-state index contributed by atoms with van der Waals surface area (Å²) in [5, 5.41) is 2.10.